The topological polar surface area (TPSA) is 84.7 Å². The molecule has 166 valence electrons. The van der Waals surface area contributed by atoms with Crippen LogP contribution >= 0.6 is 34.4 Å². The van der Waals surface area contributed by atoms with E-state index in [-0.39, 0.29) is 5.91 Å². The molecule has 0 aliphatic rings. The van der Waals surface area contributed by atoms with E-state index in [0.29, 0.717) is 12.2 Å². The lowest BCUT2D eigenvalue weighted by molar-refractivity contribution is -0.115. The Morgan fingerprint density at radius 3 is 2.75 bits per heavy atom. The van der Waals surface area contributed by atoms with Crippen molar-refractivity contribution in [2.75, 3.05) is 22.9 Å². The lowest BCUT2D eigenvalue weighted by atomic mass is 10.3. The Kier molecular flexibility index (Phi) is 7.56. The van der Waals surface area contributed by atoms with Crippen molar-refractivity contribution in [3.05, 3.63) is 64.1 Å². The molecule has 0 atom stereocenters. The van der Waals surface area contributed by atoms with Crippen LogP contribution in [0.4, 0.5) is 10.8 Å². The van der Waals surface area contributed by atoms with Crippen LogP contribution in [-0.4, -0.2) is 38.2 Å². The van der Waals surface area contributed by atoms with E-state index >= 15 is 0 Å². The van der Waals surface area contributed by atoms with Crippen molar-refractivity contribution in [3.63, 3.8) is 0 Å². The summed E-state index contributed by atoms with van der Waals surface area (Å²) < 4.78 is 2.72. The molecule has 0 unspecified atom stereocenters. The number of carbonyl (C=O) groups excluding carboxylic acids is 1. The number of thiophene rings is 1. The number of carbonyl (C=O) groups is 1. The molecule has 0 saturated carbocycles. The fourth-order valence-electron chi connectivity index (χ4n) is 3.16. The number of aromatic nitrogens is 4. The molecule has 2 N–H and O–H groups in total. The summed E-state index contributed by atoms with van der Waals surface area (Å²) in [5.74, 6) is 0.607. The van der Waals surface area contributed by atoms with Gasteiger partial charge in [0, 0.05) is 23.6 Å². The Balaban J connectivity index is 1.24. The monoisotopic (exact) mass is 484 g/mol. The first-order chi connectivity index (χ1) is 15.6. The van der Waals surface area contributed by atoms with Gasteiger partial charge in [-0.05, 0) is 43.8 Å². The van der Waals surface area contributed by atoms with Crippen LogP contribution in [-0.2, 0) is 11.2 Å². The molecule has 10 heteroatoms. The highest BCUT2D eigenvalue weighted by Gasteiger charge is 2.15. The van der Waals surface area contributed by atoms with Crippen LogP contribution in [0.1, 0.15) is 22.7 Å². The molecule has 0 saturated heterocycles. The molecular formula is C22H24N6OS3. The van der Waals surface area contributed by atoms with Crippen molar-refractivity contribution in [2.24, 2.45) is 0 Å². The lowest BCUT2D eigenvalue weighted by Crippen LogP contribution is -2.13. The van der Waals surface area contributed by atoms with Crippen molar-refractivity contribution in [1.29, 1.82) is 0 Å². The van der Waals surface area contributed by atoms with E-state index in [9.17, 15) is 4.79 Å². The Labute approximate surface area is 199 Å². The molecule has 0 fully saturated rings. The first-order valence-electron chi connectivity index (χ1n) is 10.2. The minimum atomic E-state index is -0.0323. The number of benzene rings is 1. The van der Waals surface area contributed by atoms with Crippen molar-refractivity contribution in [2.45, 2.75) is 31.0 Å². The predicted octanol–water partition coefficient (Wildman–Crippen LogP) is 5.18. The number of thioether (sulfide) groups is 1. The van der Waals surface area contributed by atoms with E-state index < -0.39 is 0 Å². The number of rotatable bonds is 10. The maximum absolute atomic E-state index is 12.5. The number of nitrogens with zero attached hydrogens (tertiary/aromatic N) is 4. The molecular weight excluding hydrogens is 460 g/mol. The summed E-state index contributed by atoms with van der Waals surface area (Å²) in [5, 5.41) is 22.2. The van der Waals surface area contributed by atoms with E-state index in [2.05, 4.69) is 43.4 Å². The highest BCUT2D eigenvalue weighted by molar-refractivity contribution is 8.01. The van der Waals surface area contributed by atoms with E-state index in [1.54, 1.807) is 23.1 Å². The summed E-state index contributed by atoms with van der Waals surface area (Å²) in [6.45, 7) is 4.70. The second-order valence-corrected chi connectivity index (χ2v) is 10.4. The van der Waals surface area contributed by atoms with Gasteiger partial charge in [0.2, 0.25) is 11.0 Å². The van der Waals surface area contributed by atoms with E-state index in [4.69, 9.17) is 0 Å². The maximum atomic E-state index is 12.5. The molecule has 3 heterocycles. The molecule has 3 aromatic heterocycles. The molecule has 0 aliphatic carbocycles. The highest BCUT2D eigenvalue weighted by atomic mass is 32.2. The van der Waals surface area contributed by atoms with Gasteiger partial charge in [0.25, 0.3) is 0 Å². The lowest BCUT2D eigenvalue weighted by Gasteiger charge is -2.07. The highest BCUT2D eigenvalue weighted by Crippen LogP contribution is 2.27. The minimum absolute atomic E-state index is 0.0323. The SMILES string of the molecule is Cc1nn(-c2ccccc2)c(C)c1NC(=O)CCSc1nnc(NCCc2cccs2)s1. The van der Waals surface area contributed by atoms with Crippen LogP contribution in [0, 0.1) is 13.8 Å². The minimum Gasteiger partial charge on any atom is -0.360 e. The number of amides is 1. The van der Waals surface area contributed by atoms with Gasteiger partial charge in [-0.3, -0.25) is 4.79 Å². The Bertz CT molecular complexity index is 1150. The average Bonchev–Trinajstić information content (AvgIpc) is 3.53. The number of hydrogen-bond donors (Lipinski definition) is 2. The van der Waals surface area contributed by atoms with Gasteiger partial charge in [-0.25, -0.2) is 4.68 Å². The normalized spacial score (nSPS) is 10.9. The molecule has 0 aliphatic heterocycles. The number of aryl methyl sites for hydroxylation is 1. The Morgan fingerprint density at radius 1 is 1.12 bits per heavy atom. The number of hydrogen-bond acceptors (Lipinski definition) is 8. The second-order valence-electron chi connectivity index (χ2n) is 7.07. The fraction of sp³-hybridized carbons (Fsp3) is 0.273. The third-order valence-corrected chi connectivity index (χ3v) is 7.70. The molecule has 0 bridgehead atoms. The van der Waals surface area contributed by atoms with Gasteiger partial charge >= 0.3 is 0 Å². The fourth-order valence-corrected chi connectivity index (χ4v) is 5.66. The summed E-state index contributed by atoms with van der Waals surface area (Å²) in [7, 11) is 0. The maximum Gasteiger partial charge on any atom is 0.225 e. The molecule has 4 rings (SSSR count). The summed E-state index contributed by atoms with van der Waals surface area (Å²) in [4.78, 5) is 13.9. The molecule has 7 nitrogen and oxygen atoms in total. The van der Waals surface area contributed by atoms with Crippen LogP contribution < -0.4 is 10.6 Å². The second kappa shape index (κ2) is 10.8. The smallest absolute Gasteiger partial charge is 0.225 e. The molecule has 1 amide bonds. The number of anilines is 2. The van der Waals surface area contributed by atoms with E-state index in [1.807, 2.05) is 48.9 Å². The van der Waals surface area contributed by atoms with Crippen LogP contribution in [0.15, 0.2) is 52.2 Å². The van der Waals surface area contributed by atoms with Crippen LogP contribution in [0.3, 0.4) is 0 Å². The first kappa shape index (κ1) is 22.5. The van der Waals surface area contributed by atoms with Crippen LogP contribution in [0.25, 0.3) is 5.69 Å². The number of para-hydroxylation sites is 1. The molecule has 0 spiro atoms. The summed E-state index contributed by atoms with van der Waals surface area (Å²) >= 11 is 4.83. The quantitative estimate of drug-likeness (QED) is 0.302. The third-order valence-electron chi connectivity index (χ3n) is 4.75. The molecule has 32 heavy (non-hydrogen) atoms. The average molecular weight is 485 g/mol. The zero-order valence-corrected chi connectivity index (χ0v) is 20.3. The first-order valence-corrected chi connectivity index (χ1v) is 12.9. The summed E-state index contributed by atoms with van der Waals surface area (Å²) in [5.41, 5.74) is 3.46. The molecule has 1 aromatic carbocycles. The van der Waals surface area contributed by atoms with Gasteiger partial charge in [-0.2, -0.15) is 5.10 Å². The molecule has 4 aromatic rings. The Hall–Kier alpha value is -2.69. The third kappa shape index (κ3) is 5.76. The van der Waals surface area contributed by atoms with E-state index in [0.717, 1.165) is 45.2 Å². The predicted molar refractivity (Wildman–Crippen MR) is 133 cm³/mol. The van der Waals surface area contributed by atoms with Crippen molar-refractivity contribution in [3.8, 4) is 5.69 Å². The van der Waals surface area contributed by atoms with Crippen molar-refractivity contribution < 1.29 is 4.79 Å². The van der Waals surface area contributed by atoms with Gasteiger partial charge in [-0.1, -0.05) is 47.4 Å². The van der Waals surface area contributed by atoms with E-state index in [1.165, 1.54) is 16.2 Å². The standard InChI is InChI=1S/C22H24N6OS3/c1-15-20(16(2)28(27-15)17-7-4-3-5-8-17)24-19(29)11-14-31-22-26-25-21(32-22)23-12-10-18-9-6-13-30-18/h3-9,13H,10-12,14H2,1-2H3,(H,23,25)(H,24,29). The summed E-state index contributed by atoms with van der Waals surface area (Å²) in [6, 6.07) is 14.1. The van der Waals surface area contributed by atoms with Gasteiger partial charge in [-0.15, -0.1) is 21.5 Å². The van der Waals surface area contributed by atoms with Crippen LogP contribution in [0.5, 0.6) is 0 Å². The zero-order chi connectivity index (χ0) is 22.3. The van der Waals surface area contributed by atoms with Crippen molar-refractivity contribution in [1.82, 2.24) is 20.0 Å². The van der Waals surface area contributed by atoms with Gasteiger partial charge in [0.1, 0.15) is 0 Å². The van der Waals surface area contributed by atoms with Crippen molar-refractivity contribution >= 4 is 51.2 Å². The van der Waals surface area contributed by atoms with Crippen LogP contribution in [0.2, 0.25) is 0 Å². The Morgan fingerprint density at radius 2 is 1.97 bits per heavy atom. The van der Waals surface area contributed by atoms with Gasteiger partial charge in [0.05, 0.1) is 22.8 Å². The summed E-state index contributed by atoms with van der Waals surface area (Å²) in [6.07, 6.45) is 1.36. The van der Waals surface area contributed by atoms with Gasteiger partial charge < -0.3 is 10.6 Å². The number of nitrogens with one attached hydrogen (secondary N) is 2. The largest absolute Gasteiger partial charge is 0.360 e. The van der Waals surface area contributed by atoms with Gasteiger partial charge in [0.15, 0.2) is 4.34 Å². The zero-order valence-electron chi connectivity index (χ0n) is 17.9. The molecule has 0 radical (unpaired) electrons.